The summed E-state index contributed by atoms with van der Waals surface area (Å²) in [4.78, 5) is 12.7. The average Bonchev–Trinajstić information content (AvgIpc) is 2.80. The molecule has 7 nitrogen and oxygen atoms in total. The second-order valence-corrected chi connectivity index (χ2v) is 12.6. The van der Waals surface area contributed by atoms with E-state index in [0.717, 1.165) is 16.7 Å². The van der Waals surface area contributed by atoms with Gasteiger partial charge in [-0.15, -0.1) is 0 Å². The van der Waals surface area contributed by atoms with Crippen molar-refractivity contribution < 1.29 is 21.6 Å². The molecule has 0 aromatic heterocycles. The Morgan fingerprint density at radius 3 is 1.81 bits per heavy atom. The van der Waals surface area contributed by atoms with Crippen LogP contribution < -0.4 is 10.0 Å². The molecule has 0 unspecified atom stereocenters. The minimum absolute atomic E-state index is 0.0528. The van der Waals surface area contributed by atoms with E-state index in [9.17, 15) is 21.6 Å². The van der Waals surface area contributed by atoms with Crippen LogP contribution in [0.3, 0.4) is 0 Å². The average molecular weight is 527 g/mol. The number of benzene rings is 3. The topological polar surface area (TPSA) is 109 Å². The zero-order valence-corrected chi connectivity index (χ0v) is 22.5. The van der Waals surface area contributed by atoms with Crippen molar-refractivity contribution in [2.45, 2.75) is 50.2 Å². The third kappa shape index (κ3) is 6.61. The second-order valence-electron chi connectivity index (χ2n) is 8.94. The highest BCUT2D eigenvalue weighted by molar-refractivity contribution is 7.92. The van der Waals surface area contributed by atoms with Gasteiger partial charge in [0.25, 0.3) is 15.9 Å². The lowest BCUT2D eigenvalue weighted by Gasteiger charge is -2.16. The molecule has 0 aliphatic carbocycles. The lowest BCUT2D eigenvalue weighted by molar-refractivity contribution is -0.112. The van der Waals surface area contributed by atoms with Crippen molar-refractivity contribution in [3.8, 4) is 0 Å². The van der Waals surface area contributed by atoms with Crippen molar-refractivity contribution in [2.75, 3.05) is 10.0 Å². The molecule has 190 valence electrons. The first kappa shape index (κ1) is 27.2. The summed E-state index contributed by atoms with van der Waals surface area (Å²) >= 11 is 0. The molecule has 0 aliphatic rings. The molecule has 2 N–H and O–H groups in total. The number of carbonyl (C=O) groups excluding carboxylic acids is 1. The normalized spacial score (nSPS) is 11.6. The maximum atomic E-state index is 13.2. The van der Waals surface area contributed by atoms with E-state index in [0.29, 0.717) is 11.3 Å². The number of rotatable bonds is 8. The van der Waals surface area contributed by atoms with Crippen molar-refractivity contribution in [3.63, 3.8) is 0 Å². The van der Waals surface area contributed by atoms with Gasteiger partial charge in [0.15, 0.2) is 9.84 Å². The van der Waals surface area contributed by atoms with Gasteiger partial charge in [0.2, 0.25) is 0 Å². The van der Waals surface area contributed by atoms with Crippen LogP contribution in [0.5, 0.6) is 0 Å². The Labute approximate surface area is 213 Å². The Kier molecular flexibility index (Phi) is 8.05. The molecule has 9 heteroatoms. The van der Waals surface area contributed by atoms with Crippen molar-refractivity contribution in [1.29, 1.82) is 0 Å². The smallest absolute Gasteiger partial charge is 0.261 e. The van der Waals surface area contributed by atoms with E-state index in [1.54, 1.807) is 31.2 Å². The number of amides is 1. The highest BCUT2D eigenvalue weighted by Crippen LogP contribution is 2.28. The van der Waals surface area contributed by atoms with Crippen LogP contribution in [0.15, 0.2) is 87.7 Å². The maximum Gasteiger partial charge on any atom is 0.261 e. The number of hydrogen-bond donors (Lipinski definition) is 2. The Hall–Kier alpha value is -3.43. The monoisotopic (exact) mass is 526 g/mol. The SMILES string of the molecule is CC(C)=C(C)C(=O)Nc1ccc(NS(=O)(=O)c2ccc(C)cc2)c(CS(=O)(=O)c2ccc(C)cc2)c1. The van der Waals surface area contributed by atoms with Crippen LogP contribution in [0.4, 0.5) is 11.4 Å². The number of sulfonamides is 1. The third-order valence-electron chi connectivity index (χ3n) is 5.75. The number of carbonyl (C=O) groups is 1. The third-order valence-corrected chi connectivity index (χ3v) is 8.82. The summed E-state index contributed by atoms with van der Waals surface area (Å²) in [7, 11) is -7.79. The van der Waals surface area contributed by atoms with Crippen LogP contribution in [0.1, 0.15) is 37.5 Å². The number of anilines is 2. The van der Waals surface area contributed by atoms with E-state index in [4.69, 9.17) is 0 Å². The minimum atomic E-state index is -3.98. The molecular formula is C27H30N2O5S2. The molecule has 0 atom stereocenters. The van der Waals surface area contributed by atoms with Gasteiger partial charge >= 0.3 is 0 Å². The predicted octanol–water partition coefficient (Wildman–Crippen LogP) is 5.37. The first-order chi connectivity index (χ1) is 16.8. The molecule has 3 aromatic carbocycles. The van der Waals surface area contributed by atoms with Crippen molar-refractivity contribution in [1.82, 2.24) is 0 Å². The largest absolute Gasteiger partial charge is 0.322 e. The molecule has 0 radical (unpaired) electrons. The zero-order valence-electron chi connectivity index (χ0n) is 20.9. The molecule has 0 heterocycles. The highest BCUT2D eigenvalue weighted by atomic mass is 32.2. The summed E-state index contributed by atoms with van der Waals surface area (Å²) in [5.41, 5.74) is 3.88. The number of hydrogen-bond acceptors (Lipinski definition) is 5. The fourth-order valence-electron chi connectivity index (χ4n) is 3.30. The van der Waals surface area contributed by atoms with Crippen molar-refractivity contribution in [2.24, 2.45) is 0 Å². The fraction of sp³-hybridized carbons (Fsp3) is 0.222. The summed E-state index contributed by atoms with van der Waals surface area (Å²) in [6, 6.07) is 17.2. The van der Waals surface area contributed by atoms with Gasteiger partial charge in [-0.05, 0) is 82.6 Å². The van der Waals surface area contributed by atoms with E-state index in [1.165, 1.54) is 42.5 Å². The number of sulfone groups is 1. The van der Waals surface area contributed by atoms with Crippen molar-refractivity contribution in [3.05, 3.63) is 94.6 Å². The molecule has 36 heavy (non-hydrogen) atoms. The molecule has 1 amide bonds. The molecule has 3 aromatic rings. The second kappa shape index (κ2) is 10.7. The van der Waals surface area contributed by atoms with Crippen LogP contribution in [-0.2, 0) is 30.4 Å². The van der Waals surface area contributed by atoms with Gasteiger partial charge in [-0.3, -0.25) is 9.52 Å². The molecule has 0 fully saturated rings. The molecule has 0 bridgehead atoms. The van der Waals surface area contributed by atoms with E-state index in [1.807, 2.05) is 27.7 Å². The zero-order chi connectivity index (χ0) is 26.7. The molecular weight excluding hydrogens is 496 g/mol. The summed E-state index contributed by atoms with van der Waals surface area (Å²) < 4.78 is 55.0. The number of aryl methyl sites for hydroxylation is 2. The van der Waals surface area contributed by atoms with Crippen LogP contribution in [0.25, 0.3) is 0 Å². The summed E-state index contributed by atoms with van der Waals surface area (Å²) in [6.45, 7) is 9.03. The van der Waals surface area contributed by atoms with Crippen molar-refractivity contribution >= 4 is 37.1 Å². The van der Waals surface area contributed by atoms with Crippen LogP contribution in [0.2, 0.25) is 0 Å². The van der Waals surface area contributed by atoms with Gasteiger partial charge < -0.3 is 5.32 Å². The molecule has 0 saturated heterocycles. The molecule has 0 aliphatic heterocycles. The lowest BCUT2D eigenvalue weighted by atomic mass is 10.1. The lowest BCUT2D eigenvalue weighted by Crippen LogP contribution is -2.17. The molecule has 3 rings (SSSR count). The van der Waals surface area contributed by atoms with Gasteiger partial charge in [0.1, 0.15) is 0 Å². The number of allylic oxidation sites excluding steroid dienone is 1. The first-order valence-electron chi connectivity index (χ1n) is 11.3. The first-order valence-corrected chi connectivity index (χ1v) is 14.4. The van der Waals surface area contributed by atoms with Gasteiger partial charge in [-0.2, -0.15) is 0 Å². The standard InChI is InChI=1S/C27H30N2O5S2/c1-18(2)21(5)27(30)28-23-10-15-26(29-36(33,34)25-13-8-20(4)9-14-25)22(16-23)17-35(31,32)24-11-6-19(3)7-12-24/h6-16,29H,17H2,1-5H3,(H,28,30). The fourth-order valence-corrected chi connectivity index (χ4v) is 5.76. The van der Waals surface area contributed by atoms with Crippen LogP contribution in [0, 0.1) is 13.8 Å². The van der Waals surface area contributed by atoms with Crippen LogP contribution >= 0.6 is 0 Å². The minimum Gasteiger partial charge on any atom is -0.322 e. The van der Waals surface area contributed by atoms with Crippen LogP contribution in [-0.4, -0.2) is 22.7 Å². The Bertz CT molecular complexity index is 1520. The molecule has 0 spiro atoms. The maximum absolute atomic E-state index is 13.2. The highest BCUT2D eigenvalue weighted by Gasteiger charge is 2.22. The number of nitrogens with one attached hydrogen (secondary N) is 2. The molecule has 0 saturated carbocycles. The van der Waals surface area contributed by atoms with Gasteiger partial charge in [0, 0.05) is 11.3 Å². The quantitative estimate of drug-likeness (QED) is 0.383. The summed E-state index contributed by atoms with van der Waals surface area (Å²) in [5.74, 6) is -0.789. The van der Waals surface area contributed by atoms with E-state index in [-0.39, 0.29) is 26.9 Å². The summed E-state index contributed by atoms with van der Waals surface area (Å²) in [5, 5.41) is 2.76. The predicted molar refractivity (Wildman–Crippen MR) is 143 cm³/mol. The van der Waals surface area contributed by atoms with E-state index in [2.05, 4.69) is 10.0 Å². The van der Waals surface area contributed by atoms with Gasteiger partial charge in [-0.1, -0.05) is 41.0 Å². The summed E-state index contributed by atoms with van der Waals surface area (Å²) in [6.07, 6.45) is 0. The van der Waals surface area contributed by atoms with E-state index < -0.39 is 25.6 Å². The van der Waals surface area contributed by atoms with E-state index >= 15 is 0 Å². The Balaban J connectivity index is 2.03. The van der Waals surface area contributed by atoms with Gasteiger partial charge in [0.05, 0.1) is 21.2 Å². The Morgan fingerprint density at radius 1 is 0.750 bits per heavy atom. The Morgan fingerprint density at radius 2 is 1.28 bits per heavy atom. The van der Waals surface area contributed by atoms with Gasteiger partial charge in [-0.25, -0.2) is 16.8 Å².